The smallest absolute Gasteiger partial charge is 0.253 e. The fourth-order valence-electron chi connectivity index (χ4n) is 5.03. The molecule has 0 spiro atoms. The number of hydrogen-bond acceptors (Lipinski definition) is 9. The number of aryl methyl sites for hydroxylation is 1. The minimum atomic E-state index is -4.05. The zero-order valence-electron chi connectivity index (χ0n) is 27.1. The molecule has 2 aromatic heterocycles. The Morgan fingerprint density at radius 1 is 0.915 bits per heavy atom. The molecule has 0 radical (unpaired) electrons. The number of aromatic nitrogens is 3. The largest absolute Gasteiger partial charge is 0.354 e. The van der Waals surface area contributed by atoms with E-state index in [0.29, 0.717) is 18.1 Å². The molecule has 0 unspecified atom stereocenters. The molecule has 16 heteroatoms. The van der Waals surface area contributed by atoms with E-state index in [2.05, 4.69) is 31.3 Å². The van der Waals surface area contributed by atoms with Crippen molar-refractivity contribution in [2.45, 2.75) is 76.3 Å². The SMILES string of the molecule is Cc1ccc(S(=O)(=O)N2CCCNC(=O)Cn3nc(-c4ccccc4)nc3[C@H](C)NC(=O)[C@@H](CC(C)C)NC(=O)[C@@H](C)NC(=O)C2)s1. The maximum Gasteiger partial charge on any atom is 0.253 e. The molecule has 0 bridgehead atoms. The van der Waals surface area contributed by atoms with Gasteiger partial charge in [-0.3, -0.25) is 19.2 Å². The Kier molecular flexibility index (Phi) is 11.9. The summed E-state index contributed by atoms with van der Waals surface area (Å²) < 4.78 is 29.6. The average molecular weight is 687 g/mol. The van der Waals surface area contributed by atoms with Crippen LogP contribution in [0.3, 0.4) is 0 Å². The summed E-state index contributed by atoms with van der Waals surface area (Å²) in [5.74, 6) is -1.41. The third-order valence-electron chi connectivity index (χ3n) is 7.42. The normalized spacial score (nSPS) is 21.4. The van der Waals surface area contributed by atoms with Gasteiger partial charge in [-0.15, -0.1) is 11.3 Å². The lowest BCUT2D eigenvalue weighted by Gasteiger charge is -2.25. The first-order valence-electron chi connectivity index (χ1n) is 15.5. The molecule has 1 aromatic carbocycles. The number of benzene rings is 1. The molecule has 3 aromatic rings. The van der Waals surface area contributed by atoms with Crippen LogP contribution < -0.4 is 21.3 Å². The standard InChI is InChI=1S/C31H42N8O6S2/c1-19(2)16-24-31(43)34-21(4)29-36-28(23-10-7-6-8-11-23)37-39(29)18-25(40)32-14-9-15-38(17-26(41)33-22(5)30(42)35-24)47(44,45)27-13-12-20(3)46-27/h6-8,10-13,19,21-22,24H,9,14-18H2,1-5H3,(H,32,40)(H,33,41)(H,34,43)(H,35,42)/t21-,22+,24+/m0/s1. The van der Waals surface area contributed by atoms with Gasteiger partial charge in [0.05, 0.1) is 12.6 Å². The molecular weight excluding hydrogens is 645 g/mol. The molecule has 0 saturated carbocycles. The molecule has 0 fully saturated rings. The van der Waals surface area contributed by atoms with Crippen LogP contribution in [0.5, 0.6) is 0 Å². The molecular formula is C31H42N8O6S2. The van der Waals surface area contributed by atoms with Crippen molar-refractivity contribution in [2.24, 2.45) is 5.92 Å². The summed E-state index contributed by atoms with van der Waals surface area (Å²) >= 11 is 1.09. The van der Waals surface area contributed by atoms with Crippen LogP contribution in [0.2, 0.25) is 0 Å². The number of carbonyl (C=O) groups is 4. The van der Waals surface area contributed by atoms with E-state index in [1.54, 1.807) is 19.9 Å². The van der Waals surface area contributed by atoms with Gasteiger partial charge in [0, 0.05) is 23.5 Å². The molecule has 3 heterocycles. The highest BCUT2D eigenvalue weighted by atomic mass is 32.2. The summed E-state index contributed by atoms with van der Waals surface area (Å²) in [7, 11) is -4.05. The van der Waals surface area contributed by atoms with Gasteiger partial charge >= 0.3 is 0 Å². The number of amides is 4. The lowest BCUT2D eigenvalue weighted by atomic mass is 10.0. The Labute approximate surface area is 278 Å². The first kappa shape index (κ1) is 35.7. The van der Waals surface area contributed by atoms with Crippen molar-refractivity contribution in [2.75, 3.05) is 19.6 Å². The number of hydrogen-bond donors (Lipinski definition) is 4. The van der Waals surface area contributed by atoms with E-state index >= 15 is 0 Å². The Morgan fingerprint density at radius 2 is 1.64 bits per heavy atom. The molecule has 0 saturated heterocycles. The fourth-order valence-corrected chi connectivity index (χ4v) is 7.90. The van der Waals surface area contributed by atoms with Crippen molar-refractivity contribution in [1.29, 1.82) is 0 Å². The van der Waals surface area contributed by atoms with E-state index < -0.39 is 58.3 Å². The van der Waals surface area contributed by atoms with Crippen molar-refractivity contribution < 1.29 is 27.6 Å². The molecule has 1 aliphatic heterocycles. The maximum atomic E-state index is 13.5. The second-order valence-corrected chi connectivity index (χ2v) is 15.4. The van der Waals surface area contributed by atoms with E-state index in [9.17, 15) is 27.6 Å². The lowest BCUT2D eigenvalue weighted by Crippen LogP contribution is -2.54. The summed E-state index contributed by atoms with van der Waals surface area (Å²) in [5.41, 5.74) is 0.726. The third-order valence-corrected chi connectivity index (χ3v) is 10.7. The quantitative estimate of drug-likeness (QED) is 0.313. The van der Waals surface area contributed by atoms with Gasteiger partial charge in [-0.1, -0.05) is 44.2 Å². The van der Waals surface area contributed by atoms with Gasteiger partial charge in [0.25, 0.3) is 10.0 Å². The van der Waals surface area contributed by atoms with Gasteiger partial charge in [-0.05, 0) is 51.7 Å². The minimum Gasteiger partial charge on any atom is -0.354 e. The molecule has 0 aliphatic carbocycles. The van der Waals surface area contributed by atoms with Gasteiger partial charge in [0.1, 0.15) is 28.7 Å². The Hall–Kier alpha value is -4.15. The summed E-state index contributed by atoms with van der Waals surface area (Å²) in [6.07, 6.45) is 0.517. The molecule has 14 nitrogen and oxygen atoms in total. The van der Waals surface area contributed by atoms with Crippen molar-refractivity contribution in [3.05, 3.63) is 53.2 Å². The van der Waals surface area contributed by atoms with Crippen LogP contribution in [0.15, 0.2) is 46.7 Å². The monoisotopic (exact) mass is 686 g/mol. The van der Waals surface area contributed by atoms with Crippen LogP contribution in [-0.2, 0) is 35.7 Å². The summed E-state index contributed by atoms with van der Waals surface area (Å²) in [6.45, 7) is 8.09. The summed E-state index contributed by atoms with van der Waals surface area (Å²) in [5, 5.41) is 15.5. The van der Waals surface area contributed by atoms with Gasteiger partial charge in [0.2, 0.25) is 23.6 Å². The molecule has 3 atom stereocenters. The highest BCUT2D eigenvalue weighted by Gasteiger charge is 2.31. The zero-order chi connectivity index (χ0) is 34.3. The van der Waals surface area contributed by atoms with Crippen LogP contribution in [-0.4, -0.2) is 82.8 Å². The number of sulfonamides is 1. The number of nitrogens with one attached hydrogen (secondary N) is 4. The Balaban J connectivity index is 1.65. The molecule has 254 valence electrons. The summed E-state index contributed by atoms with van der Waals surface area (Å²) in [6, 6.07) is 9.69. The van der Waals surface area contributed by atoms with Crippen LogP contribution >= 0.6 is 11.3 Å². The highest BCUT2D eigenvalue weighted by molar-refractivity contribution is 7.91. The molecule has 4 N–H and O–H groups in total. The van der Waals surface area contributed by atoms with E-state index in [1.165, 1.54) is 17.7 Å². The van der Waals surface area contributed by atoms with Crippen LogP contribution in [0.1, 0.15) is 57.3 Å². The lowest BCUT2D eigenvalue weighted by molar-refractivity contribution is -0.132. The average Bonchev–Trinajstić information content (AvgIpc) is 3.64. The van der Waals surface area contributed by atoms with Crippen molar-refractivity contribution in [3.8, 4) is 11.4 Å². The Morgan fingerprint density at radius 3 is 2.30 bits per heavy atom. The van der Waals surface area contributed by atoms with Crippen molar-refractivity contribution in [3.63, 3.8) is 0 Å². The van der Waals surface area contributed by atoms with Gasteiger partial charge in [-0.2, -0.15) is 9.40 Å². The van der Waals surface area contributed by atoms with Gasteiger partial charge in [0.15, 0.2) is 5.82 Å². The zero-order valence-corrected chi connectivity index (χ0v) is 28.8. The number of rotatable bonds is 5. The second-order valence-electron chi connectivity index (χ2n) is 11.9. The molecule has 4 amide bonds. The topological polar surface area (TPSA) is 184 Å². The molecule has 4 rings (SSSR count). The number of nitrogens with zero attached hydrogens (tertiary/aromatic N) is 4. The van der Waals surface area contributed by atoms with E-state index in [-0.39, 0.29) is 36.2 Å². The van der Waals surface area contributed by atoms with Crippen molar-refractivity contribution in [1.82, 2.24) is 40.3 Å². The van der Waals surface area contributed by atoms with E-state index in [0.717, 1.165) is 26.1 Å². The Bertz CT molecular complexity index is 1690. The van der Waals surface area contributed by atoms with Crippen LogP contribution in [0.25, 0.3) is 11.4 Å². The summed E-state index contributed by atoms with van der Waals surface area (Å²) in [4.78, 5) is 58.3. The molecule has 1 aliphatic rings. The minimum absolute atomic E-state index is 0.0320. The van der Waals surface area contributed by atoms with Crippen molar-refractivity contribution >= 4 is 45.0 Å². The van der Waals surface area contributed by atoms with Gasteiger partial charge < -0.3 is 21.3 Å². The third kappa shape index (κ3) is 9.45. The number of fused-ring (bicyclic) bond motifs is 1. The number of thiophene rings is 1. The molecule has 47 heavy (non-hydrogen) atoms. The van der Waals surface area contributed by atoms with Crippen LogP contribution in [0.4, 0.5) is 0 Å². The highest BCUT2D eigenvalue weighted by Crippen LogP contribution is 2.25. The fraction of sp³-hybridized carbons (Fsp3) is 0.484. The second kappa shape index (κ2) is 15.6. The van der Waals surface area contributed by atoms with E-state index in [1.807, 2.05) is 44.2 Å². The predicted molar refractivity (Wildman–Crippen MR) is 176 cm³/mol. The van der Waals surface area contributed by atoms with E-state index in [4.69, 9.17) is 0 Å². The first-order chi connectivity index (χ1) is 22.2. The van der Waals surface area contributed by atoms with Crippen LogP contribution in [0, 0.1) is 12.8 Å². The van der Waals surface area contributed by atoms with Gasteiger partial charge in [-0.25, -0.2) is 18.1 Å². The first-order valence-corrected chi connectivity index (χ1v) is 17.7. The number of carbonyl (C=O) groups excluding carboxylic acids is 4. The maximum absolute atomic E-state index is 13.5. The predicted octanol–water partition coefficient (Wildman–Crippen LogP) is 1.74.